The van der Waals surface area contributed by atoms with Crippen molar-refractivity contribution in [3.63, 3.8) is 0 Å². The van der Waals surface area contributed by atoms with Crippen LogP contribution in [0.1, 0.15) is 80.1 Å². The zero-order valence-electron chi connectivity index (χ0n) is 25.2. The number of likely N-dealkylation sites (tertiary alicyclic amines) is 1. The van der Waals surface area contributed by atoms with Crippen LogP contribution in [0.3, 0.4) is 0 Å². The fourth-order valence-corrected chi connectivity index (χ4v) is 9.00. The highest BCUT2D eigenvalue weighted by molar-refractivity contribution is 7.89. The molecule has 9 nitrogen and oxygen atoms in total. The van der Waals surface area contributed by atoms with Gasteiger partial charge in [-0.05, 0) is 75.7 Å². The molecule has 3 fully saturated rings. The lowest BCUT2D eigenvalue weighted by Crippen LogP contribution is -2.40. The molecule has 2 aliphatic heterocycles. The SMILES string of the molecule is CC1CCN(C(=O)c2nc(C(=O)NC3CC34CCOCC4)sc2-c2ccc(S(=O)(=O)NC(C)(C)C)c3ccccc23)CC1. The maximum atomic E-state index is 14.0. The minimum atomic E-state index is -3.83. The molecule has 1 unspecified atom stereocenters. The second-order valence-electron chi connectivity index (χ2n) is 13.4. The van der Waals surface area contributed by atoms with Crippen LogP contribution < -0.4 is 10.0 Å². The molecule has 3 heterocycles. The van der Waals surface area contributed by atoms with Gasteiger partial charge in [-0.1, -0.05) is 37.3 Å². The second kappa shape index (κ2) is 11.3. The number of thiazole rings is 1. The van der Waals surface area contributed by atoms with Crippen LogP contribution in [0.2, 0.25) is 0 Å². The number of nitrogens with one attached hydrogen (secondary N) is 2. The van der Waals surface area contributed by atoms with Gasteiger partial charge in [-0.3, -0.25) is 9.59 Å². The highest BCUT2D eigenvalue weighted by Crippen LogP contribution is 2.53. The Morgan fingerprint density at radius 3 is 2.40 bits per heavy atom. The normalized spacial score (nSPS) is 20.8. The molecule has 2 saturated heterocycles. The van der Waals surface area contributed by atoms with E-state index in [1.165, 1.54) is 11.3 Å². The summed E-state index contributed by atoms with van der Waals surface area (Å²) >= 11 is 1.20. The van der Waals surface area contributed by atoms with Crippen molar-refractivity contribution in [2.24, 2.45) is 11.3 Å². The molecule has 2 N–H and O–H groups in total. The van der Waals surface area contributed by atoms with E-state index in [1.807, 2.05) is 17.0 Å². The van der Waals surface area contributed by atoms with E-state index in [9.17, 15) is 18.0 Å². The summed E-state index contributed by atoms with van der Waals surface area (Å²) in [6.07, 6.45) is 4.64. The van der Waals surface area contributed by atoms with Crippen LogP contribution in [0.15, 0.2) is 41.3 Å². The second-order valence-corrected chi connectivity index (χ2v) is 16.0. The highest BCUT2D eigenvalue weighted by Gasteiger charge is 2.55. The fourth-order valence-electron chi connectivity index (χ4n) is 6.37. The standard InChI is InChI=1S/C32H40N4O5S2/c1-20-11-15-36(16-12-20)30(38)26-27(42-29(34-26)28(37)33-25-19-32(25)13-17-41-18-14-32)23-9-10-24(22-8-6-5-7-21(22)23)43(39,40)35-31(2,3)4/h5-10,20,25,35H,11-19H2,1-4H3,(H,33,37). The Morgan fingerprint density at radius 2 is 1.72 bits per heavy atom. The van der Waals surface area contributed by atoms with Crippen molar-refractivity contribution in [3.8, 4) is 10.4 Å². The van der Waals surface area contributed by atoms with Crippen molar-refractivity contribution < 1.29 is 22.7 Å². The van der Waals surface area contributed by atoms with Crippen molar-refractivity contribution in [1.29, 1.82) is 0 Å². The van der Waals surface area contributed by atoms with E-state index in [1.54, 1.807) is 45.0 Å². The third kappa shape index (κ3) is 6.09. The van der Waals surface area contributed by atoms with Crippen LogP contribution in [-0.2, 0) is 14.8 Å². The Labute approximate surface area is 257 Å². The number of carbonyl (C=O) groups excluding carboxylic acids is 2. The van der Waals surface area contributed by atoms with Gasteiger partial charge in [0.25, 0.3) is 11.8 Å². The summed E-state index contributed by atoms with van der Waals surface area (Å²) in [6.45, 7) is 10.3. The number of benzene rings is 2. The molecule has 1 aromatic heterocycles. The number of hydrogen-bond acceptors (Lipinski definition) is 7. The molecule has 2 aromatic carbocycles. The lowest BCUT2D eigenvalue weighted by Gasteiger charge is -2.30. The van der Waals surface area contributed by atoms with Crippen LogP contribution in [-0.4, -0.2) is 68.0 Å². The maximum absolute atomic E-state index is 14.0. The number of amides is 2. The summed E-state index contributed by atoms with van der Waals surface area (Å²) in [5, 5.41) is 4.64. The average molecular weight is 625 g/mol. The summed E-state index contributed by atoms with van der Waals surface area (Å²) in [6, 6.07) is 10.7. The number of ether oxygens (including phenoxy) is 1. The van der Waals surface area contributed by atoms with Crippen LogP contribution >= 0.6 is 11.3 Å². The van der Waals surface area contributed by atoms with Crippen molar-refractivity contribution in [3.05, 3.63) is 47.1 Å². The third-order valence-electron chi connectivity index (χ3n) is 8.94. The summed E-state index contributed by atoms with van der Waals surface area (Å²) in [7, 11) is -3.83. The molecule has 3 aromatic rings. The zero-order chi connectivity index (χ0) is 30.6. The number of nitrogens with zero attached hydrogens (tertiary/aromatic N) is 2. The lowest BCUT2D eigenvalue weighted by molar-refractivity contribution is 0.0535. The Kier molecular flexibility index (Phi) is 7.90. The van der Waals surface area contributed by atoms with Crippen LogP contribution in [0.25, 0.3) is 21.2 Å². The molecule has 1 atom stereocenters. The van der Waals surface area contributed by atoms with Crippen LogP contribution in [0.4, 0.5) is 0 Å². The lowest BCUT2D eigenvalue weighted by atomic mass is 9.96. The predicted molar refractivity (Wildman–Crippen MR) is 168 cm³/mol. The minimum absolute atomic E-state index is 0.0830. The molecule has 0 bridgehead atoms. The summed E-state index contributed by atoms with van der Waals surface area (Å²) < 4.78 is 35.1. The predicted octanol–water partition coefficient (Wildman–Crippen LogP) is 5.21. The number of carbonyl (C=O) groups is 2. The molecule has 3 aliphatic rings. The monoisotopic (exact) mass is 624 g/mol. The van der Waals surface area contributed by atoms with Gasteiger partial charge in [0, 0.05) is 48.8 Å². The third-order valence-corrected chi connectivity index (χ3v) is 11.8. The van der Waals surface area contributed by atoms with E-state index in [2.05, 4.69) is 21.9 Å². The number of piperidine rings is 1. The number of fused-ring (bicyclic) bond motifs is 1. The zero-order valence-corrected chi connectivity index (χ0v) is 26.9. The number of sulfonamides is 1. The molecule has 11 heteroatoms. The summed E-state index contributed by atoms with van der Waals surface area (Å²) in [4.78, 5) is 34.7. The molecule has 43 heavy (non-hydrogen) atoms. The van der Waals surface area contributed by atoms with Gasteiger partial charge in [-0.25, -0.2) is 18.1 Å². The first-order valence-electron chi connectivity index (χ1n) is 15.1. The Balaban J connectivity index is 1.40. The molecule has 6 rings (SSSR count). The van der Waals surface area contributed by atoms with Gasteiger partial charge in [0.1, 0.15) is 5.69 Å². The van der Waals surface area contributed by atoms with Crippen LogP contribution in [0, 0.1) is 11.3 Å². The average Bonchev–Trinajstić information content (AvgIpc) is 3.39. The number of aromatic nitrogens is 1. The fraction of sp³-hybridized carbons (Fsp3) is 0.531. The van der Waals surface area contributed by atoms with Crippen molar-refractivity contribution in [2.75, 3.05) is 26.3 Å². The molecule has 2 amide bonds. The quantitative estimate of drug-likeness (QED) is 0.389. The molecule has 1 aliphatic carbocycles. The Morgan fingerprint density at radius 1 is 1.05 bits per heavy atom. The number of rotatable bonds is 6. The minimum Gasteiger partial charge on any atom is -0.381 e. The van der Waals surface area contributed by atoms with E-state index >= 15 is 0 Å². The summed E-state index contributed by atoms with van der Waals surface area (Å²) in [5.41, 5.74) is 0.378. The van der Waals surface area contributed by atoms with Gasteiger partial charge in [0.15, 0.2) is 5.01 Å². The van der Waals surface area contributed by atoms with E-state index < -0.39 is 15.6 Å². The van der Waals surface area contributed by atoms with Gasteiger partial charge in [0.05, 0.1) is 9.77 Å². The molecule has 1 spiro atoms. The largest absolute Gasteiger partial charge is 0.381 e. The first kappa shape index (κ1) is 30.2. The van der Waals surface area contributed by atoms with E-state index in [0.29, 0.717) is 53.4 Å². The van der Waals surface area contributed by atoms with Crippen LogP contribution in [0.5, 0.6) is 0 Å². The summed E-state index contributed by atoms with van der Waals surface area (Å²) in [5.74, 6) is 0.0833. The molecular formula is C32H40N4O5S2. The first-order chi connectivity index (χ1) is 20.4. The van der Waals surface area contributed by atoms with E-state index in [0.717, 1.165) is 32.1 Å². The first-order valence-corrected chi connectivity index (χ1v) is 17.4. The molecule has 0 radical (unpaired) electrons. The van der Waals surface area contributed by atoms with Gasteiger partial charge < -0.3 is 15.0 Å². The highest BCUT2D eigenvalue weighted by atomic mass is 32.2. The van der Waals surface area contributed by atoms with Gasteiger partial charge in [0.2, 0.25) is 10.0 Å². The van der Waals surface area contributed by atoms with Crippen molar-refractivity contribution >= 4 is 43.9 Å². The van der Waals surface area contributed by atoms with Crippen molar-refractivity contribution in [2.45, 2.75) is 76.3 Å². The van der Waals surface area contributed by atoms with E-state index in [-0.39, 0.29) is 38.9 Å². The Bertz CT molecular complexity index is 1660. The maximum Gasteiger partial charge on any atom is 0.280 e. The Hall–Kier alpha value is -2.86. The van der Waals surface area contributed by atoms with Crippen molar-refractivity contribution in [1.82, 2.24) is 19.9 Å². The molecular weight excluding hydrogens is 585 g/mol. The number of hydrogen-bond donors (Lipinski definition) is 2. The van der Waals surface area contributed by atoms with Gasteiger partial charge in [-0.2, -0.15) is 0 Å². The van der Waals surface area contributed by atoms with Gasteiger partial charge in [-0.15, -0.1) is 11.3 Å². The topological polar surface area (TPSA) is 118 Å². The smallest absolute Gasteiger partial charge is 0.280 e. The van der Waals surface area contributed by atoms with Gasteiger partial charge >= 0.3 is 0 Å². The molecule has 230 valence electrons. The molecule has 1 saturated carbocycles. The van der Waals surface area contributed by atoms with E-state index in [4.69, 9.17) is 4.74 Å².